The lowest BCUT2D eigenvalue weighted by Gasteiger charge is -2.24. The van der Waals surface area contributed by atoms with Gasteiger partial charge in [0.1, 0.15) is 5.69 Å². The molecule has 34 heavy (non-hydrogen) atoms. The molecule has 0 aliphatic carbocycles. The summed E-state index contributed by atoms with van der Waals surface area (Å²) in [5, 5.41) is 1.05. The first-order chi connectivity index (χ1) is 16.7. The number of aromatic amines is 2. The van der Waals surface area contributed by atoms with Crippen molar-refractivity contribution in [1.29, 1.82) is 0 Å². The molecule has 1 amide bonds. The molecule has 2 N–H and O–H groups in total. The molecule has 6 nitrogen and oxygen atoms in total. The van der Waals surface area contributed by atoms with Crippen molar-refractivity contribution >= 4 is 22.5 Å². The summed E-state index contributed by atoms with van der Waals surface area (Å²) in [5.74, 6) is 0.0221. The molecule has 1 aliphatic rings. The van der Waals surface area contributed by atoms with Crippen molar-refractivity contribution in [3.8, 4) is 11.1 Å². The molecule has 3 aromatic carbocycles. The second-order valence-corrected chi connectivity index (χ2v) is 8.69. The average Bonchev–Trinajstić information content (AvgIpc) is 3.52. The van der Waals surface area contributed by atoms with Crippen LogP contribution in [0.3, 0.4) is 0 Å². The van der Waals surface area contributed by atoms with Gasteiger partial charge in [-0.05, 0) is 41.0 Å². The van der Waals surface area contributed by atoms with Gasteiger partial charge >= 0.3 is 0 Å². The molecule has 0 atom stereocenters. The van der Waals surface area contributed by atoms with Crippen LogP contribution in [0.4, 0.5) is 5.69 Å². The second kappa shape index (κ2) is 8.56. The number of nitrogens with zero attached hydrogens (tertiary/aromatic N) is 3. The Morgan fingerprint density at radius 2 is 1.76 bits per heavy atom. The summed E-state index contributed by atoms with van der Waals surface area (Å²) in [6, 6.07) is 26.9. The average molecular weight is 448 g/mol. The Kier molecular flexibility index (Phi) is 5.11. The van der Waals surface area contributed by atoms with Gasteiger partial charge in [0.2, 0.25) is 0 Å². The Labute approximate surface area is 197 Å². The molecule has 0 bridgehead atoms. The molecule has 5 aromatic rings. The van der Waals surface area contributed by atoms with Crippen molar-refractivity contribution in [2.24, 2.45) is 0 Å². The number of rotatable bonds is 4. The number of fused-ring (bicyclic) bond motifs is 2. The van der Waals surface area contributed by atoms with Crippen molar-refractivity contribution in [1.82, 2.24) is 19.9 Å². The van der Waals surface area contributed by atoms with E-state index in [9.17, 15) is 4.79 Å². The lowest BCUT2D eigenvalue weighted by molar-refractivity contribution is 0.0746. The molecule has 0 spiro atoms. The molecule has 0 saturated heterocycles. The van der Waals surface area contributed by atoms with Crippen molar-refractivity contribution in [3.63, 3.8) is 0 Å². The van der Waals surface area contributed by atoms with Crippen molar-refractivity contribution in [2.75, 3.05) is 18.0 Å². The standard InChI is InChI=1S/C28H25N5O/c34-28(26-15-22-8-4-5-9-25(22)31-26)33-13-12-32(18-24-16-29-19-30-24)27-11-10-21(14-23(27)17-33)20-6-2-1-3-7-20/h1-11,14-16,19,31H,12-13,17-18H2,(H,29,30). The zero-order valence-corrected chi connectivity index (χ0v) is 18.7. The summed E-state index contributed by atoms with van der Waals surface area (Å²) in [4.78, 5) is 28.6. The van der Waals surface area contributed by atoms with Crippen LogP contribution in [0.15, 0.2) is 91.4 Å². The van der Waals surface area contributed by atoms with Crippen molar-refractivity contribution < 1.29 is 4.79 Å². The number of carbonyl (C=O) groups excluding carboxylic acids is 1. The summed E-state index contributed by atoms with van der Waals surface area (Å²) in [7, 11) is 0. The first-order valence-corrected chi connectivity index (χ1v) is 11.5. The van der Waals surface area contributed by atoms with Crippen LogP contribution >= 0.6 is 0 Å². The van der Waals surface area contributed by atoms with E-state index in [4.69, 9.17) is 0 Å². The summed E-state index contributed by atoms with van der Waals surface area (Å²) in [5.41, 5.74) is 7.19. The molecule has 0 unspecified atom stereocenters. The van der Waals surface area contributed by atoms with E-state index in [-0.39, 0.29) is 5.91 Å². The van der Waals surface area contributed by atoms with Crippen LogP contribution in [-0.2, 0) is 13.1 Å². The van der Waals surface area contributed by atoms with Crippen LogP contribution in [-0.4, -0.2) is 38.8 Å². The van der Waals surface area contributed by atoms with Crippen LogP contribution < -0.4 is 4.90 Å². The summed E-state index contributed by atoms with van der Waals surface area (Å²) >= 11 is 0. The number of amides is 1. The van der Waals surface area contributed by atoms with Gasteiger partial charge < -0.3 is 19.8 Å². The zero-order valence-electron chi connectivity index (χ0n) is 18.7. The lowest BCUT2D eigenvalue weighted by atomic mass is 10.0. The highest BCUT2D eigenvalue weighted by Crippen LogP contribution is 2.32. The topological polar surface area (TPSA) is 68.0 Å². The molecule has 3 heterocycles. The number of para-hydroxylation sites is 1. The molecule has 0 radical (unpaired) electrons. The zero-order chi connectivity index (χ0) is 22.9. The van der Waals surface area contributed by atoms with Gasteiger partial charge in [0, 0.05) is 42.4 Å². The van der Waals surface area contributed by atoms with Gasteiger partial charge in [0.05, 0.1) is 18.6 Å². The number of hydrogen-bond donors (Lipinski definition) is 2. The second-order valence-electron chi connectivity index (χ2n) is 8.69. The number of imidazole rings is 1. The van der Waals surface area contributed by atoms with Gasteiger partial charge in [-0.2, -0.15) is 0 Å². The Balaban J connectivity index is 1.36. The first kappa shape index (κ1) is 20.3. The van der Waals surface area contributed by atoms with E-state index < -0.39 is 0 Å². The quantitative estimate of drug-likeness (QED) is 0.397. The van der Waals surface area contributed by atoms with Gasteiger partial charge in [-0.1, -0.05) is 54.6 Å². The third-order valence-corrected chi connectivity index (χ3v) is 6.48. The van der Waals surface area contributed by atoms with Gasteiger partial charge in [0.15, 0.2) is 0 Å². The van der Waals surface area contributed by atoms with E-state index in [1.807, 2.05) is 47.5 Å². The third-order valence-electron chi connectivity index (χ3n) is 6.48. The number of hydrogen-bond acceptors (Lipinski definition) is 3. The normalized spacial score (nSPS) is 13.6. The first-order valence-electron chi connectivity index (χ1n) is 11.5. The smallest absolute Gasteiger partial charge is 0.270 e. The van der Waals surface area contributed by atoms with Crippen LogP contribution in [0.5, 0.6) is 0 Å². The molecule has 6 rings (SSSR count). The van der Waals surface area contributed by atoms with E-state index in [2.05, 4.69) is 62.3 Å². The monoisotopic (exact) mass is 447 g/mol. The maximum atomic E-state index is 13.6. The van der Waals surface area contributed by atoms with E-state index in [1.54, 1.807) is 6.33 Å². The molecule has 1 aliphatic heterocycles. The predicted molar refractivity (Wildman–Crippen MR) is 135 cm³/mol. The number of nitrogens with one attached hydrogen (secondary N) is 2. The maximum Gasteiger partial charge on any atom is 0.270 e. The summed E-state index contributed by atoms with van der Waals surface area (Å²) in [6.45, 7) is 2.61. The Morgan fingerprint density at radius 1 is 0.912 bits per heavy atom. The van der Waals surface area contributed by atoms with Crippen LogP contribution in [0.2, 0.25) is 0 Å². The number of aromatic nitrogens is 3. The molecule has 6 heteroatoms. The molecular formula is C28H25N5O. The maximum absolute atomic E-state index is 13.6. The predicted octanol–water partition coefficient (Wildman–Crippen LogP) is 5.22. The van der Waals surface area contributed by atoms with Crippen LogP contribution in [0.25, 0.3) is 22.0 Å². The van der Waals surface area contributed by atoms with Gasteiger partial charge in [-0.25, -0.2) is 4.98 Å². The van der Waals surface area contributed by atoms with E-state index in [0.717, 1.165) is 40.0 Å². The molecule has 0 saturated carbocycles. The number of carbonyl (C=O) groups is 1. The molecule has 2 aromatic heterocycles. The number of H-pyrrole nitrogens is 2. The fourth-order valence-electron chi connectivity index (χ4n) is 4.75. The molecular weight excluding hydrogens is 422 g/mol. The minimum atomic E-state index is 0.0221. The van der Waals surface area contributed by atoms with E-state index in [1.165, 1.54) is 5.56 Å². The molecule has 0 fully saturated rings. The van der Waals surface area contributed by atoms with Crippen LogP contribution in [0.1, 0.15) is 21.7 Å². The third kappa shape index (κ3) is 3.83. The van der Waals surface area contributed by atoms with Gasteiger partial charge in [0.25, 0.3) is 5.91 Å². The minimum Gasteiger partial charge on any atom is -0.364 e. The highest BCUT2D eigenvalue weighted by Gasteiger charge is 2.25. The van der Waals surface area contributed by atoms with Crippen molar-refractivity contribution in [3.05, 3.63) is 108 Å². The van der Waals surface area contributed by atoms with Crippen molar-refractivity contribution in [2.45, 2.75) is 13.1 Å². The number of benzene rings is 3. The highest BCUT2D eigenvalue weighted by molar-refractivity contribution is 5.98. The van der Waals surface area contributed by atoms with E-state index in [0.29, 0.717) is 25.3 Å². The summed E-state index contributed by atoms with van der Waals surface area (Å²) < 4.78 is 0. The number of anilines is 1. The van der Waals surface area contributed by atoms with Gasteiger partial charge in [-0.15, -0.1) is 0 Å². The Morgan fingerprint density at radius 3 is 2.59 bits per heavy atom. The fraction of sp³-hybridized carbons (Fsp3) is 0.143. The Hall–Kier alpha value is -4.32. The van der Waals surface area contributed by atoms with E-state index >= 15 is 0 Å². The highest BCUT2D eigenvalue weighted by atomic mass is 16.2. The summed E-state index contributed by atoms with van der Waals surface area (Å²) in [6.07, 6.45) is 3.63. The minimum absolute atomic E-state index is 0.0221. The van der Waals surface area contributed by atoms with Gasteiger partial charge in [-0.3, -0.25) is 4.79 Å². The lowest BCUT2D eigenvalue weighted by Crippen LogP contribution is -2.35. The fourth-order valence-corrected chi connectivity index (χ4v) is 4.75. The SMILES string of the molecule is O=C(c1cc2ccccc2[nH]1)N1CCN(Cc2c[nH]cn2)c2ccc(-c3ccccc3)cc2C1. The largest absolute Gasteiger partial charge is 0.364 e. The molecule has 168 valence electrons. The Bertz CT molecular complexity index is 1410. The van der Waals surface area contributed by atoms with Crippen LogP contribution in [0, 0.1) is 0 Å².